The van der Waals surface area contributed by atoms with E-state index in [-0.39, 0.29) is 24.5 Å². The molecule has 0 aromatic heterocycles. The molecule has 30 heavy (non-hydrogen) atoms. The molecular formula is C25H32N2O3. The molecule has 0 bridgehead atoms. The minimum Gasteiger partial charge on any atom is -0.484 e. The average molecular weight is 409 g/mol. The Morgan fingerprint density at radius 3 is 2.17 bits per heavy atom. The molecule has 1 atom stereocenters. The molecule has 3 rings (SSSR count). The van der Waals surface area contributed by atoms with Crippen molar-refractivity contribution < 1.29 is 14.3 Å². The Morgan fingerprint density at radius 2 is 1.57 bits per heavy atom. The normalized spacial score (nSPS) is 14.9. The zero-order chi connectivity index (χ0) is 21.5. The van der Waals surface area contributed by atoms with Gasteiger partial charge in [-0.3, -0.25) is 9.59 Å². The van der Waals surface area contributed by atoms with E-state index in [1.165, 1.54) is 0 Å². The summed E-state index contributed by atoms with van der Waals surface area (Å²) in [6.07, 6.45) is 4.33. The monoisotopic (exact) mass is 408 g/mol. The molecule has 2 amide bonds. The van der Waals surface area contributed by atoms with Gasteiger partial charge in [0.1, 0.15) is 11.8 Å². The molecule has 0 aliphatic heterocycles. The Labute approximate surface area is 179 Å². The summed E-state index contributed by atoms with van der Waals surface area (Å²) >= 11 is 0. The number of amides is 2. The molecular weight excluding hydrogens is 376 g/mol. The van der Waals surface area contributed by atoms with Crippen LogP contribution in [0.5, 0.6) is 5.75 Å². The van der Waals surface area contributed by atoms with Crippen molar-refractivity contribution >= 4 is 11.8 Å². The Balaban J connectivity index is 1.69. The molecule has 2 aromatic rings. The maximum absolute atomic E-state index is 13.1. The van der Waals surface area contributed by atoms with Gasteiger partial charge in [-0.15, -0.1) is 0 Å². The Kier molecular flexibility index (Phi) is 7.50. The lowest BCUT2D eigenvalue weighted by Crippen LogP contribution is -2.50. The number of aryl methyl sites for hydroxylation is 2. The van der Waals surface area contributed by atoms with Gasteiger partial charge >= 0.3 is 0 Å². The van der Waals surface area contributed by atoms with E-state index in [4.69, 9.17) is 4.74 Å². The van der Waals surface area contributed by atoms with Crippen molar-refractivity contribution in [3.63, 3.8) is 0 Å². The third-order valence-corrected chi connectivity index (χ3v) is 5.73. The van der Waals surface area contributed by atoms with Gasteiger partial charge in [-0.25, -0.2) is 0 Å². The summed E-state index contributed by atoms with van der Waals surface area (Å²) in [7, 11) is 0. The summed E-state index contributed by atoms with van der Waals surface area (Å²) in [5.41, 5.74) is 3.28. The van der Waals surface area contributed by atoms with Crippen molar-refractivity contribution in [2.75, 3.05) is 6.61 Å². The van der Waals surface area contributed by atoms with E-state index in [1.807, 2.05) is 62.4 Å². The topological polar surface area (TPSA) is 58.6 Å². The third kappa shape index (κ3) is 6.09. The van der Waals surface area contributed by atoms with Gasteiger partial charge in [-0.05, 0) is 51.3 Å². The maximum Gasteiger partial charge on any atom is 0.261 e. The number of nitrogens with zero attached hydrogens (tertiary/aromatic N) is 1. The van der Waals surface area contributed by atoms with Gasteiger partial charge in [-0.2, -0.15) is 0 Å². The lowest BCUT2D eigenvalue weighted by molar-refractivity contribution is -0.142. The smallest absolute Gasteiger partial charge is 0.261 e. The van der Waals surface area contributed by atoms with Gasteiger partial charge in [0.2, 0.25) is 5.91 Å². The van der Waals surface area contributed by atoms with Crippen LogP contribution in [0, 0.1) is 13.8 Å². The fourth-order valence-electron chi connectivity index (χ4n) is 3.73. The highest BCUT2D eigenvalue weighted by Crippen LogP contribution is 2.19. The summed E-state index contributed by atoms with van der Waals surface area (Å²) in [5.74, 6) is 0.343. The van der Waals surface area contributed by atoms with Crippen LogP contribution in [-0.4, -0.2) is 35.4 Å². The van der Waals surface area contributed by atoms with Crippen molar-refractivity contribution in [2.45, 2.75) is 65.1 Å². The summed E-state index contributed by atoms with van der Waals surface area (Å²) in [4.78, 5) is 27.5. The van der Waals surface area contributed by atoms with Gasteiger partial charge in [0.15, 0.2) is 6.61 Å². The summed E-state index contributed by atoms with van der Waals surface area (Å²) < 4.78 is 5.70. The first kappa shape index (κ1) is 21.9. The summed E-state index contributed by atoms with van der Waals surface area (Å²) in [5, 5.41) is 3.12. The molecule has 1 saturated carbocycles. The molecule has 160 valence electrons. The number of nitrogens with one attached hydrogen (secondary N) is 1. The average Bonchev–Trinajstić information content (AvgIpc) is 3.25. The largest absolute Gasteiger partial charge is 0.484 e. The molecule has 0 radical (unpaired) electrons. The number of rotatable bonds is 8. The lowest BCUT2D eigenvalue weighted by atomic mass is 10.1. The van der Waals surface area contributed by atoms with Crippen LogP contribution < -0.4 is 10.1 Å². The maximum atomic E-state index is 13.1. The molecule has 5 heteroatoms. The molecule has 0 heterocycles. The number of hydrogen-bond acceptors (Lipinski definition) is 3. The van der Waals surface area contributed by atoms with Crippen LogP contribution in [-0.2, 0) is 16.1 Å². The van der Waals surface area contributed by atoms with Gasteiger partial charge < -0.3 is 15.0 Å². The first-order valence-electron chi connectivity index (χ1n) is 10.8. The molecule has 1 unspecified atom stereocenters. The quantitative estimate of drug-likeness (QED) is 0.714. The van der Waals surface area contributed by atoms with E-state index in [0.717, 1.165) is 42.4 Å². The predicted octanol–water partition coefficient (Wildman–Crippen LogP) is 4.16. The zero-order valence-corrected chi connectivity index (χ0v) is 18.2. The van der Waals surface area contributed by atoms with Crippen LogP contribution in [0.4, 0.5) is 0 Å². The van der Waals surface area contributed by atoms with Gasteiger partial charge in [0, 0.05) is 12.6 Å². The third-order valence-electron chi connectivity index (χ3n) is 5.73. The van der Waals surface area contributed by atoms with Crippen molar-refractivity contribution in [2.24, 2.45) is 0 Å². The Hall–Kier alpha value is -2.82. The Bertz CT molecular complexity index is 840. The lowest BCUT2D eigenvalue weighted by Gasteiger charge is -2.29. The van der Waals surface area contributed by atoms with E-state index in [2.05, 4.69) is 5.32 Å². The van der Waals surface area contributed by atoms with Crippen LogP contribution in [0.2, 0.25) is 0 Å². The highest BCUT2D eigenvalue weighted by Gasteiger charge is 2.28. The molecule has 1 N–H and O–H groups in total. The van der Waals surface area contributed by atoms with Crippen LogP contribution in [0.25, 0.3) is 0 Å². The fraction of sp³-hybridized carbons (Fsp3) is 0.440. The van der Waals surface area contributed by atoms with Crippen molar-refractivity contribution in [3.05, 3.63) is 65.2 Å². The second-order valence-corrected chi connectivity index (χ2v) is 8.27. The fourth-order valence-corrected chi connectivity index (χ4v) is 3.73. The number of ether oxygens (including phenoxy) is 1. The summed E-state index contributed by atoms with van der Waals surface area (Å²) in [6, 6.07) is 15.3. The molecule has 1 fully saturated rings. The van der Waals surface area contributed by atoms with Crippen LogP contribution >= 0.6 is 0 Å². The minimum absolute atomic E-state index is 0.0994. The SMILES string of the molecule is Cc1ccc(CN(C(=O)COc2ccc(C)cc2)C(C)C(=O)NC2CCCC2)cc1. The number of carbonyl (C=O) groups is 2. The molecule has 1 aliphatic carbocycles. The second kappa shape index (κ2) is 10.3. The second-order valence-electron chi connectivity index (χ2n) is 8.27. The van der Waals surface area contributed by atoms with Gasteiger partial charge in [0.25, 0.3) is 5.91 Å². The van der Waals surface area contributed by atoms with Crippen LogP contribution in [0.1, 0.15) is 49.3 Å². The summed E-state index contributed by atoms with van der Waals surface area (Å²) in [6.45, 7) is 6.09. The van der Waals surface area contributed by atoms with Crippen molar-refractivity contribution in [3.8, 4) is 5.75 Å². The number of carbonyl (C=O) groups excluding carboxylic acids is 2. The van der Waals surface area contributed by atoms with Crippen LogP contribution in [0.3, 0.4) is 0 Å². The minimum atomic E-state index is -0.568. The molecule has 0 saturated heterocycles. The van der Waals surface area contributed by atoms with Gasteiger partial charge in [-0.1, -0.05) is 60.4 Å². The van der Waals surface area contributed by atoms with E-state index in [9.17, 15) is 9.59 Å². The van der Waals surface area contributed by atoms with Crippen LogP contribution in [0.15, 0.2) is 48.5 Å². The highest BCUT2D eigenvalue weighted by molar-refractivity contribution is 5.88. The van der Waals surface area contributed by atoms with E-state index >= 15 is 0 Å². The van der Waals surface area contributed by atoms with E-state index in [1.54, 1.807) is 11.8 Å². The number of hydrogen-bond donors (Lipinski definition) is 1. The molecule has 0 spiro atoms. The van der Waals surface area contributed by atoms with Crippen molar-refractivity contribution in [1.29, 1.82) is 0 Å². The molecule has 5 nitrogen and oxygen atoms in total. The van der Waals surface area contributed by atoms with E-state index < -0.39 is 6.04 Å². The highest BCUT2D eigenvalue weighted by atomic mass is 16.5. The zero-order valence-electron chi connectivity index (χ0n) is 18.2. The number of benzene rings is 2. The standard InChI is InChI=1S/C25H32N2O3/c1-18-8-12-21(13-9-18)16-27(20(3)25(29)26-22-6-4-5-7-22)24(28)17-30-23-14-10-19(2)11-15-23/h8-15,20,22H,4-7,16-17H2,1-3H3,(H,26,29). The van der Waals surface area contributed by atoms with E-state index in [0.29, 0.717) is 12.3 Å². The molecule has 1 aliphatic rings. The first-order valence-corrected chi connectivity index (χ1v) is 10.8. The Morgan fingerprint density at radius 1 is 1.00 bits per heavy atom. The van der Waals surface area contributed by atoms with Gasteiger partial charge in [0.05, 0.1) is 0 Å². The first-order chi connectivity index (χ1) is 14.4. The van der Waals surface area contributed by atoms with Crippen molar-refractivity contribution in [1.82, 2.24) is 10.2 Å². The molecule has 2 aromatic carbocycles. The predicted molar refractivity (Wildman–Crippen MR) is 118 cm³/mol.